The molecule has 0 bridgehead atoms. The minimum absolute atomic E-state index is 0.606. The molecule has 3 nitrogen and oxygen atoms in total. The Balaban J connectivity index is 2.17. The highest BCUT2D eigenvalue weighted by Crippen LogP contribution is 2.36. The van der Waals surface area contributed by atoms with Crippen LogP contribution in [0, 0.1) is 13.8 Å². The molecule has 0 unspecified atom stereocenters. The van der Waals surface area contributed by atoms with Crippen molar-refractivity contribution in [3.05, 3.63) is 51.5 Å². The molecule has 0 aliphatic heterocycles. The van der Waals surface area contributed by atoms with E-state index < -0.39 is 0 Å². The Hall–Kier alpha value is -1.68. The summed E-state index contributed by atoms with van der Waals surface area (Å²) in [5.74, 6) is 1.49. The highest BCUT2D eigenvalue weighted by atomic mass is 79.9. The maximum atomic E-state index is 5.62. The van der Waals surface area contributed by atoms with Gasteiger partial charge in [0.15, 0.2) is 11.5 Å². The topological polar surface area (TPSA) is 30.5 Å². The lowest BCUT2D eigenvalue weighted by molar-refractivity contribution is 0.308. The molecular weight excluding hydrogens is 342 g/mol. The first-order chi connectivity index (χ1) is 10.5. The molecule has 0 aliphatic carbocycles. The number of ether oxygens (including phenoxy) is 2. The second-order valence-electron chi connectivity index (χ2n) is 5.21. The summed E-state index contributed by atoms with van der Waals surface area (Å²) in [5.41, 5.74) is 4.80. The van der Waals surface area contributed by atoms with Gasteiger partial charge >= 0.3 is 0 Å². The third-order valence-electron chi connectivity index (χ3n) is 3.44. The van der Waals surface area contributed by atoms with E-state index in [9.17, 15) is 0 Å². The number of anilines is 1. The molecule has 118 valence electrons. The van der Waals surface area contributed by atoms with E-state index in [1.54, 1.807) is 7.11 Å². The highest BCUT2D eigenvalue weighted by Gasteiger charge is 2.11. The number of hydrogen-bond donors (Lipinski definition) is 1. The van der Waals surface area contributed by atoms with Crippen LogP contribution >= 0.6 is 15.9 Å². The number of halogens is 1. The Morgan fingerprint density at radius 1 is 1.14 bits per heavy atom. The van der Waals surface area contributed by atoms with Gasteiger partial charge in [-0.15, -0.1) is 0 Å². The van der Waals surface area contributed by atoms with Crippen molar-refractivity contribution in [1.29, 1.82) is 0 Å². The molecule has 0 fully saturated rings. The average Bonchev–Trinajstić information content (AvgIpc) is 2.48. The first kappa shape index (κ1) is 16.7. The molecule has 0 saturated carbocycles. The molecule has 0 amide bonds. The van der Waals surface area contributed by atoms with Crippen molar-refractivity contribution in [2.24, 2.45) is 0 Å². The van der Waals surface area contributed by atoms with Crippen LogP contribution < -0.4 is 14.8 Å². The fourth-order valence-electron chi connectivity index (χ4n) is 2.37. The van der Waals surface area contributed by atoms with Crippen LogP contribution in [-0.2, 0) is 6.54 Å². The van der Waals surface area contributed by atoms with Crippen molar-refractivity contribution < 1.29 is 9.47 Å². The van der Waals surface area contributed by atoms with Crippen molar-refractivity contribution >= 4 is 21.6 Å². The van der Waals surface area contributed by atoms with Gasteiger partial charge in [0.05, 0.1) is 18.2 Å². The van der Waals surface area contributed by atoms with Crippen LogP contribution in [0.5, 0.6) is 11.5 Å². The van der Waals surface area contributed by atoms with Crippen LogP contribution in [-0.4, -0.2) is 13.7 Å². The quantitative estimate of drug-likeness (QED) is 0.775. The van der Waals surface area contributed by atoms with Gasteiger partial charge in [-0.2, -0.15) is 0 Å². The Morgan fingerprint density at radius 2 is 1.91 bits per heavy atom. The Kier molecular flexibility index (Phi) is 5.72. The molecule has 2 aromatic rings. The largest absolute Gasteiger partial charge is 0.493 e. The van der Waals surface area contributed by atoms with Crippen LogP contribution in [0.25, 0.3) is 0 Å². The SMILES string of the molecule is CCOc1c(Br)cc(CNc2ccc(C)cc2C)cc1OC. The van der Waals surface area contributed by atoms with Gasteiger partial charge in [-0.3, -0.25) is 0 Å². The van der Waals surface area contributed by atoms with Gasteiger partial charge < -0.3 is 14.8 Å². The fraction of sp³-hybridized carbons (Fsp3) is 0.333. The van der Waals surface area contributed by atoms with Crippen molar-refractivity contribution in [3.63, 3.8) is 0 Å². The zero-order valence-corrected chi connectivity index (χ0v) is 15.1. The monoisotopic (exact) mass is 363 g/mol. The predicted octanol–water partition coefficient (Wildman–Crippen LogP) is 5.09. The number of nitrogens with one attached hydrogen (secondary N) is 1. The zero-order chi connectivity index (χ0) is 16.1. The molecule has 0 heterocycles. The molecular formula is C18H22BrNO2. The van der Waals surface area contributed by atoms with Crippen molar-refractivity contribution in [1.82, 2.24) is 0 Å². The smallest absolute Gasteiger partial charge is 0.175 e. The lowest BCUT2D eigenvalue weighted by Crippen LogP contribution is -2.03. The zero-order valence-electron chi connectivity index (χ0n) is 13.5. The van der Waals surface area contributed by atoms with E-state index in [0.29, 0.717) is 6.61 Å². The van der Waals surface area contributed by atoms with Crippen LogP contribution in [0.2, 0.25) is 0 Å². The van der Waals surface area contributed by atoms with Crippen LogP contribution in [0.3, 0.4) is 0 Å². The second-order valence-corrected chi connectivity index (χ2v) is 6.07. The number of benzene rings is 2. The van der Waals surface area contributed by atoms with E-state index in [2.05, 4.69) is 59.4 Å². The summed E-state index contributed by atoms with van der Waals surface area (Å²) >= 11 is 3.56. The molecule has 2 rings (SSSR count). The first-order valence-electron chi connectivity index (χ1n) is 7.35. The van der Waals surface area contributed by atoms with Crippen LogP contribution in [0.15, 0.2) is 34.8 Å². The van der Waals surface area contributed by atoms with Gasteiger partial charge in [-0.25, -0.2) is 0 Å². The van der Waals surface area contributed by atoms with Gasteiger partial charge in [-0.1, -0.05) is 17.7 Å². The molecule has 0 aromatic heterocycles. The predicted molar refractivity (Wildman–Crippen MR) is 95.1 cm³/mol. The fourth-order valence-corrected chi connectivity index (χ4v) is 2.97. The van der Waals surface area contributed by atoms with E-state index in [1.807, 2.05) is 13.0 Å². The van der Waals surface area contributed by atoms with E-state index in [4.69, 9.17) is 9.47 Å². The minimum Gasteiger partial charge on any atom is -0.493 e. The average molecular weight is 364 g/mol. The normalized spacial score (nSPS) is 10.4. The molecule has 22 heavy (non-hydrogen) atoms. The molecule has 0 spiro atoms. The summed E-state index contributed by atoms with van der Waals surface area (Å²) in [4.78, 5) is 0. The number of hydrogen-bond acceptors (Lipinski definition) is 3. The maximum Gasteiger partial charge on any atom is 0.175 e. The van der Waals surface area contributed by atoms with Crippen molar-refractivity contribution in [2.75, 3.05) is 19.0 Å². The molecule has 0 radical (unpaired) electrons. The number of methoxy groups -OCH3 is 1. The summed E-state index contributed by atoms with van der Waals surface area (Å²) in [5, 5.41) is 3.47. The van der Waals surface area contributed by atoms with Crippen LogP contribution in [0.4, 0.5) is 5.69 Å². The third-order valence-corrected chi connectivity index (χ3v) is 4.03. The molecule has 0 atom stereocenters. The Morgan fingerprint density at radius 3 is 2.55 bits per heavy atom. The number of rotatable bonds is 6. The molecule has 0 saturated heterocycles. The lowest BCUT2D eigenvalue weighted by Gasteiger charge is -2.15. The van der Waals surface area contributed by atoms with E-state index >= 15 is 0 Å². The standard InChI is InChI=1S/C18H22BrNO2/c1-5-22-18-15(19)9-14(10-17(18)21-4)11-20-16-7-6-12(2)8-13(16)3/h6-10,20H,5,11H2,1-4H3. The van der Waals surface area contributed by atoms with E-state index in [0.717, 1.165) is 33.8 Å². The summed E-state index contributed by atoms with van der Waals surface area (Å²) in [6.45, 7) is 7.51. The van der Waals surface area contributed by atoms with Gasteiger partial charge in [0.1, 0.15) is 0 Å². The molecule has 2 aromatic carbocycles. The summed E-state index contributed by atoms with van der Waals surface area (Å²) in [6.07, 6.45) is 0. The third kappa shape index (κ3) is 3.95. The minimum atomic E-state index is 0.606. The van der Waals surface area contributed by atoms with E-state index in [-0.39, 0.29) is 0 Å². The van der Waals surface area contributed by atoms with E-state index in [1.165, 1.54) is 11.1 Å². The van der Waals surface area contributed by atoms with Crippen molar-refractivity contribution in [3.8, 4) is 11.5 Å². The maximum absolute atomic E-state index is 5.62. The summed E-state index contributed by atoms with van der Waals surface area (Å²) in [6, 6.07) is 10.5. The summed E-state index contributed by atoms with van der Waals surface area (Å²) in [7, 11) is 1.66. The Labute approximate surface area is 140 Å². The molecule has 1 N–H and O–H groups in total. The van der Waals surface area contributed by atoms with Gasteiger partial charge in [-0.05, 0) is 66.0 Å². The number of aryl methyl sites for hydroxylation is 2. The summed E-state index contributed by atoms with van der Waals surface area (Å²) < 4.78 is 12.0. The second kappa shape index (κ2) is 7.54. The van der Waals surface area contributed by atoms with Gasteiger partial charge in [0, 0.05) is 12.2 Å². The Bertz CT molecular complexity index is 656. The van der Waals surface area contributed by atoms with Gasteiger partial charge in [0.2, 0.25) is 0 Å². The first-order valence-corrected chi connectivity index (χ1v) is 8.14. The van der Waals surface area contributed by atoms with Gasteiger partial charge in [0.25, 0.3) is 0 Å². The van der Waals surface area contributed by atoms with Crippen LogP contribution in [0.1, 0.15) is 23.6 Å². The van der Waals surface area contributed by atoms with Crippen molar-refractivity contribution in [2.45, 2.75) is 27.3 Å². The molecule has 0 aliphatic rings. The highest BCUT2D eigenvalue weighted by molar-refractivity contribution is 9.10. The lowest BCUT2D eigenvalue weighted by atomic mass is 10.1. The molecule has 4 heteroatoms.